The number of aromatic amines is 2. The quantitative estimate of drug-likeness (QED) is 0.465. The van der Waals surface area contributed by atoms with Crippen LogP contribution in [0.3, 0.4) is 0 Å². The molecule has 2 heterocycles. The first-order chi connectivity index (χ1) is 11.4. The summed E-state index contributed by atoms with van der Waals surface area (Å²) in [6.07, 6.45) is 7.50. The third-order valence-corrected chi connectivity index (χ3v) is 4.05. The van der Waals surface area contributed by atoms with E-state index in [0.717, 1.165) is 0 Å². The van der Waals surface area contributed by atoms with Crippen LogP contribution in [0.25, 0.3) is 0 Å². The van der Waals surface area contributed by atoms with Crippen LogP contribution in [0.4, 0.5) is 0 Å². The number of hydrogen-bond acceptors (Lipinski definition) is 9. The van der Waals surface area contributed by atoms with E-state index in [1.165, 1.54) is 0 Å². The van der Waals surface area contributed by atoms with Gasteiger partial charge in [-0.25, -0.2) is 14.2 Å². The Kier molecular flexibility index (Phi) is 15.3. The molecule has 25 heavy (non-hydrogen) atoms. The van der Waals surface area contributed by atoms with Crippen LogP contribution in [0.2, 0.25) is 0 Å². The second-order valence-electron chi connectivity index (χ2n) is 3.26. The molecule has 0 amide bonds. The van der Waals surface area contributed by atoms with Crippen LogP contribution in [-0.2, 0) is 56.6 Å². The number of pyridine rings is 2. The monoisotopic (exact) mass is 457 g/mol. The Morgan fingerprint density at radius 2 is 1.00 bits per heavy atom. The first-order valence-electron chi connectivity index (χ1n) is 5.67. The number of aromatic nitrogens is 2. The van der Waals surface area contributed by atoms with Gasteiger partial charge in [0, 0.05) is 24.3 Å². The standard InChI is InChI=1S/2C5H5N.2Cr.H2O3S.7O/c2*1-2-4-6-5-3-1;;;1-4(2)3;;;;;;;/h2*1-5H;;;(H2,1,2,3);;;;;;;/q;;;;;;;;;;2*-1/p+1. The molecule has 0 saturated carbocycles. The molecule has 0 spiro atoms. The average molecular weight is 457 g/mol. The van der Waals surface area contributed by atoms with E-state index in [-0.39, 0.29) is 0 Å². The van der Waals surface area contributed by atoms with Gasteiger partial charge in [-0.3, -0.25) is 0 Å². The van der Waals surface area contributed by atoms with Crippen molar-refractivity contribution in [1.29, 1.82) is 0 Å². The molecule has 0 saturated heterocycles. The third kappa shape index (κ3) is 34.7. The molecular weight excluding hydrogens is 444 g/mol. The van der Waals surface area contributed by atoms with Gasteiger partial charge in [0.25, 0.3) is 0 Å². The number of rotatable bonds is 2. The first-order valence-corrected chi connectivity index (χ1v) is 10.9. The second-order valence-corrected chi connectivity index (χ2v) is 7.33. The first kappa shape index (κ1) is 25.8. The van der Waals surface area contributed by atoms with Crippen molar-refractivity contribution in [2.24, 2.45) is 0 Å². The summed E-state index contributed by atoms with van der Waals surface area (Å²) >= 11 is -15.0. The van der Waals surface area contributed by atoms with Crippen molar-refractivity contribution in [3.8, 4) is 0 Å². The van der Waals surface area contributed by atoms with Gasteiger partial charge >= 0.3 is 53.6 Å². The Labute approximate surface area is 149 Å². The topological polar surface area (TPSA) is 212 Å². The van der Waals surface area contributed by atoms with E-state index in [9.17, 15) is 23.5 Å². The molecule has 2 aromatic rings. The molecule has 0 aromatic carbocycles. The molecular formula is C10H13Cr2N2O10S-. The number of nitrogens with one attached hydrogen (secondary N) is 2. The van der Waals surface area contributed by atoms with Gasteiger partial charge in [-0.15, -0.1) is 0 Å². The normalized spacial score (nSPS) is 11.2. The van der Waals surface area contributed by atoms with Crippen LogP contribution in [0.1, 0.15) is 0 Å². The zero-order valence-corrected chi connectivity index (χ0v) is 15.5. The molecule has 1 atom stereocenters. The molecule has 0 aliphatic rings. The fourth-order valence-corrected chi connectivity index (χ4v) is 2.42. The van der Waals surface area contributed by atoms with Crippen LogP contribution in [0.15, 0.2) is 61.2 Å². The minimum absolute atomic E-state index is 1.88. The summed E-state index contributed by atoms with van der Waals surface area (Å²) in [5, 5.41) is 0. The van der Waals surface area contributed by atoms with Gasteiger partial charge in [-0.05, 0) is 0 Å². The average Bonchev–Trinajstić information content (AvgIpc) is 2.48. The van der Waals surface area contributed by atoms with Crippen LogP contribution in [-0.4, -0.2) is 13.3 Å². The van der Waals surface area contributed by atoms with Gasteiger partial charge in [-0.1, -0.05) is 12.1 Å². The molecule has 0 radical (unpaired) electrons. The minimum atomic E-state index is -6.07. The maximum absolute atomic E-state index is 9.38. The van der Waals surface area contributed by atoms with E-state index in [2.05, 4.69) is 12.8 Å². The van der Waals surface area contributed by atoms with Gasteiger partial charge in [0.1, 0.15) is 0 Å². The maximum Gasteiger partial charge on any atom is 0.166 e. The number of hydrogen-bond donors (Lipinski definition) is 1. The summed E-state index contributed by atoms with van der Waals surface area (Å²) in [5.41, 5.74) is 0. The molecule has 15 heteroatoms. The van der Waals surface area contributed by atoms with E-state index < -0.39 is 38.6 Å². The third-order valence-electron chi connectivity index (χ3n) is 1.38. The maximum atomic E-state index is 9.38. The Morgan fingerprint density at radius 3 is 1.04 bits per heavy atom. The van der Waals surface area contributed by atoms with Crippen molar-refractivity contribution in [2.45, 2.75) is 0 Å². The van der Waals surface area contributed by atoms with E-state index in [0.29, 0.717) is 0 Å². The Hall–Kier alpha value is -1.49. The largest absolute Gasteiger partial charge is 0.218 e. The zero-order chi connectivity index (χ0) is 19.8. The van der Waals surface area contributed by atoms with Gasteiger partial charge in [0.2, 0.25) is 0 Å². The molecule has 0 aliphatic carbocycles. The minimum Gasteiger partial charge on any atom is -0.218 e. The summed E-state index contributed by atoms with van der Waals surface area (Å²) in [4.78, 5) is 5.78. The van der Waals surface area contributed by atoms with Crippen LogP contribution >= 0.6 is 0 Å². The van der Waals surface area contributed by atoms with E-state index in [4.69, 9.17) is 13.3 Å². The van der Waals surface area contributed by atoms with Crippen molar-refractivity contribution in [3.05, 3.63) is 61.2 Å². The van der Waals surface area contributed by atoms with Crippen molar-refractivity contribution in [3.63, 3.8) is 0 Å². The molecule has 0 bridgehead atoms. The molecule has 142 valence electrons. The summed E-state index contributed by atoms with van der Waals surface area (Å²) < 4.78 is 83.0. The molecule has 0 fully saturated rings. The summed E-state index contributed by atoms with van der Waals surface area (Å²) in [5.74, 6) is 0. The summed E-state index contributed by atoms with van der Waals surface area (Å²) in [6.45, 7) is 0. The van der Waals surface area contributed by atoms with E-state index in [1.54, 1.807) is 0 Å². The number of H-pyrrole nitrogens is 2. The Balaban J connectivity index is 0. The van der Waals surface area contributed by atoms with Crippen LogP contribution in [0.5, 0.6) is 0 Å². The molecule has 0 aliphatic heterocycles. The van der Waals surface area contributed by atoms with Gasteiger partial charge < -0.3 is 9.11 Å². The van der Waals surface area contributed by atoms with Crippen LogP contribution < -0.4 is 18.3 Å². The molecule has 1 unspecified atom stereocenters. The van der Waals surface area contributed by atoms with Crippen LogP contribution in [0, 0.1) is 0 Å². The van der Waals surface area contributed by atoms with Gasteiger partial charge in [0.15, 0.2) is 24.8 Å². The van der Waals surface area contributed by atoms with E-state index >= 15 is 0 Å². The Bertz CT molecular complexity index is 653. The van der Waals surface area contributed by atoms with E-state index in [1.807, 2.05) is 61.2 Å². The fraction of sp³-hybridized carbons (Fsp3) is 0. The van der Waals surface area contributed by atoms with Crippen molar-refractivity contribution >= 4 is 11.4 Å². The van der Waals surface area contributed by atoms with Gasteiger partial charge in [0.05, 0.1) is 11.4 Å². The predicted molar refractivity (Wildman–Crippen MR) is 61.4 cm³/mol. The van der Waals surface area contributed by atoms with Crippen molar-refractivity contribution in [1.82, 2.24) is 0 Å². The SMILES string of the molecule is O=S([O-])O.[O]=[Cr](=[O])([O-])[O][Cr](=[O])(=[O])[O-].c1cc[nH+]cc1.c1cc[nH+]cc1. The smallest absolute Gasteiger partial charge is 0.166 e. The molecule has 12 nitrogen and oxygen atoms in total. The fourth-order valence-electron chi connectivity index (χ4n) is 0.786. The van der Waals surface area contributed by atoms with Crippen molar-refractivity contribution < 1.29 is 76.9 Å². The Morgan fingerprint density at radius 1 is 0.760 bits per heavy atom. The van der Waals surface area contributed by atoms with Crippen molar-refractivity contribution in [2.75, 3.05) is 0 Å². The summed E-state index contributed by atoms with van der Waals surface area (Å²) in [7, 11) is 0. The zero-order valence-electron chi connectivity index (χ0n) is 12.1. The second kappa shape index (κ2) is 14.8. The molecule has 2 rings (SSSR count). The molecule has 2 aromatic heterocycles. The molecule has 3 N–H and O–H groups in total. The van der Waals surface area contributed by atoms with Gasteiger partial charge in [-0.2, -0.15) is 0 Å². The summed E-state index contributed by atoms with van der Waals surface area (Å²) in [6, 6.07) is 11.7. The predicted octanol–water partition coefficient (Wildman–Crippen LogP) is -2.59.